The highest BCUT2D eigenvalue weighted by Crippen LogP contribution is 2.51. The Morgan fingerprint density at radius 1 is 1.27 bits per heavy atom. The minimum Gasteiger partial charge on any atom is -0.493 e. The molecule has 0 radical (unpaired) electrons. The molecule has 1 aromatic rings. The third-order valence-electron chi connectivity index (χ3n) is 5.96. The van der Waals surface area contributed by atoms with E-state index < -0.39 is 22.7 Å². The summed E-state index contributed by atoms with van der Waals surface area (Å²) in [7, 11) is 2.79. The number of hydrogen-bond acceptors (Lipinski definition) is 8. The van der Waals surface area contributed by atoms with Gasteiger partial charge in [0, 0.05) is 34.9 Å². The molecule has 0 saturated heterocycles. The number of carbonyl (C=O) groups excluding carboxylic acids is 2. The smallest absolute Gasteiger partial charge is 0.315 e. The number of allylic oxidation sites excluding steroid dienone is 2. The van der Waals surface area contributed by atoms with Gasteiger partial charge in [-0.3, -0.25) is 24.7 Å². The molecule has 176 valence electrons. The molecule has 0 fully saturated rings. The number of hydrogen-bond donors (Lipinski definition) is 0. The Kier molecular flexibility index (Phi) is 6.71. The normalized spacial score (nSPS) is 21.6. The van der Waals surface area contributed by atoms with Gasteiger partial charge < -0.3 is 14.2 Å². The van der Waals surface area contributed by atoms with Crippen LogP contribution in [-0.4, -0.2) is 43.2 Å². The standard InChI is InChI=1S/C24H28N2O7/c1-7-8-33-23(28)20-13(2)25-15-11-24(3,4)12-17(27)22(15)21(20)14-9-18(31-5)19(32-6)10-16(14)26(29)30/h7,9-10,20-21H,1,8,11-12H2,2-6H3/t20?,21-/m0/s1. The summed E-state index contributed by atoms with van der Waals surface area (Å²) in [6, 6.07) is 2.71. The highest BCUT2D eigenvalue weighted by atomic mass is 16.6. The van der Waals surface area contributed by atoms with E-state index in [1.807, 2.05) is 13.8 Å². The molecule has 33 heavy (non-hydrogen) atoms. The average molecular weight is 456 g/mol. The van der Waals surface area contributed by atoms with Crippen LogP contribution in [-0.2, 0) is 14.3 Å². The van der Waals surface area contributed by atoms with Gasteiger partial charge in [0.15, 0.2) is 17.3 Å². The second-order valence-electron chi connectivity index (χ2n) is 8.95. The maximum atomic E-state index is 13.4. The highest BCUT2D eigenvalue weighted by Gasteiger charge is 2.48. The molecule has 0 bridgehead atoms. The summed E-state index contributed by atoms with van der Waals surface area (Å²) in [6.45, 7) is 9.14. The van der Waals surface area contributed by atoms with E-state index >= 15 is 0 Å². The lowest BCUT2D eigenvalue weighted by Gasteiger charge is -2.38. The Hall–Kier alpha value is -3.49. The van der Waals surface area contributed by atoms with Crippen LogP contribution in [0.2, 0.25) is 0 Å². The number of nitro benzene ring substituents is 1. The SMILES string of the molecule is C=CCOC(=O)C1C(C)=NC2=C(C(=O)CC(C)(C)C2)[C@H]1c1cc(OC)c(OC)cc1[N+](=O)[O-]. The topological polar surface area (TPSA) is 117 Å². The van der Waals surface area contributed by atoms with Gasteiger partial charge in [0.25, 0.3) is 5.69 Å². The third kappa shape index (κ3) is 4.53. The van der Waals surface area contributed by atoms with Gasteiger partial charge in [-0.25, -0.2) is 0 Å². The summed E-state index contributed by atoms with van der Waals surface area (Å²) in [5, 5.41) is 12.1. The summed E-state index contributed by atoms with van der Waals surface area (Å²) in [4.78, 5) is 42.6. The number of rotatable bonds is 7. The van der Waals surface area contributed by atoms with Crippen molar-refractivity contribution in [3.63, 3.8) is 0 Å². The van der Waals surface area contributed by atoms with E-state index in [1.54, 1.807) is 6.92 Å². The van der Waals surface area contributed by atoms with Crippen molar-refractivity contribution in [2.75, 3.05) is 20.8 Å². The van der Waals surface area contributed by atoms with Crippen LogP contribution >= 0.6 is 0 Å². The van der Waals surface area contributed by atoms with Gasteiger partial charge in [0.05, 0.1) is 25.2 Å². The van der Waals surface area contributed by atoms with E-state index in [9.17, 15) is 19.7 Å². The second kappa shape index (κ2) is 9.17. The first-order valence-corrected chi connectivity index (χ1v) is 10.5. The monoisotopic (exact) mass is 456 g/mol. The predicted molar refractivity (Wildman–Crippen MR) is 122 cm³/mol. The minimum atomic E-state index is -1.01. The van der Waals surface area contributed by atoms with E-state index in [-0.39, 0.29) is 47.0 Å². The van der Waals surface area contributed by atoms with Crippen LogP contribution in [0.4, 0.5) is 5.69 Å². The summed E-state index contributed by atoms with van der Waals surface area (Å²) in [6.07, 6.45) is 2.18. The quantitative estimate of drug-likeness (QED) is 0.262. The van der Waals surface area contributed by atoms with Gasteiger partial charge in [-0.2, -0.15) is 0 Å². The molecule has 2 atom stereocenters. The van der Waals surface area contributed by atoms with Crippen LogP contribution in [0, 0.1) is 21.4 Å². The molecule has 0 N–H and O–H groups in total. The zero-order chi connectivity index (χ0) is 24.5. The van der Waals surface area contributed by atoms with Crippen LogP contribution in [0.3, 0.4) is 0 Å². The van der Waals surface area contributed by atoms with Crippen molar-refractivity contribution in [2.24, 2.45) is 16.3 Å². The lowest BCUT2D eigenvalue weighted by atomic mass is 9.66. The second-order valence-corrected chi connectivity index (χ2v) is 8.95. The maximum Gasteiger partial charge on any atom is 0.315 e. The number of ketones is 1. The molecule has 1 aromatic carbocycles. The largest absolute Gasteiger partial charge is 0.493 e. The molecule has 0 spiro atoms. The Morgan fingerprint density at radius 2 is 1.91 bits per heavy atom. The van der Waals surface area contributed by atoms with Crippen molar-refractivity contribution in [2.45, 2.75) is 39.5 Å². The first-order valence-electron chi connectivity index (χ1n) is 10.5. The van der Waals surface area contributed by atoms with Gasteiger partial charge >= 0.3 is 5.97 Å². The van der Waals surface area contributed by atoms with Gasteiger partial charge in [-0.15, -0.1) is 0 Å². The molecular formula is C24H28N2O7. The van der Waals surface area contributed by atoms with E-state index in [4.69, 9.17) is 14.2 Å². The molecule has 1 unspecified atom stereocenters. The molecule has 9 nitrogen and oxygen atoms in total. The number of benzene rings is 1. The zero-order valence-corrected chi connectivity index (χ0v) is 19.5. The maximum absolute atomic E-state index is 13.4. The molecule has 3 rings (SSSR count). The number of ether oxygens (including phenoxy) is 3. The Bertz CT molecular complexity index is 1080. The fourth-order valence-electron chi connectivity index (χ4n) is 4.61. The molecule has 0 aromatic heterocycles. The molecular weight excluding hydrogens is 428 g/mol. The summed E-state index contributed by atoms with van der Waals surface area (Å²) in [5.41, 5.74) is 0.879. The zero-order valence-electron chi connectivity index (χ0n) is 19.5. The minimum absolute atomic E-state index is 0.0315. The van der Waals surface area contributed by atoms with E-state index in [0.717, 1.165) is 0 Å². The predicted octanol–water partition coefficient (Wildman–Crippen LogP) is 4.16. The molecule has 1 aliphatic heterocycles. The van der Waals surface area contributed by atoms with Gasteiger partial charge in [-0.05, 0) is 24.8 Å². The fraction of sp³-hybridized carbons (Fsp3) is 0.458. The van der Waals surface area contributed by atoms with Crippen LogP contribution in [0.25, 0.3) is 0 Å². The van der Waals surface area contributed by atoms with Crippen LogP contribution in [0.1, 0.15) is 45.1 Å². The summed E-state index contributed by atoms with van der Waals surface area (Å²) >= 11 is 0. The summed E-state index contributed by atoms with van der Waals surface area (Å²) < 4.78 is 15.9. The van der Waals surface area contributed by atoms with Crippen LogP contribution in [0.15, 0.2) is 41.1 Å². The fourth-order valence-corrected chi connectivity index (χ4v) is 4.61. The van der Waals surface area contributed by atoms with Gasteiger partial charge in [0.1, 0.15) is 12.5 Å². The Labute approximate surface area is 192 Å². The highest BCUT2D eigenvalue weighted by molar-refractivity contribution is 6.09. The van der Waals surface area contributed by atoms with E-state index in [0.29, 0.717) is 23.4 Å². The van der Waals surface area contributed by atoms with Gasteiger partial charge in [-0.1, -0.05) is 26.5 Å². The lowest BCUT2D eigenvalue weighted by molar-refractivity contribution is -0.385. The van der Waals surface area contributed by atoms with E-state index in [1.165, 1.54) is 32.4 Å². The summed E-state index contributed by atoms with van der Waals surface area (Å²) in [5.74, 6) is -2.35. The molecule has 1 heterocycles. The first kappa shape index (κ1) is 24.2. The third-order valence-corrected chi connectivity index (χ3v) is 5.96. The van der Waals surface area contributed by atoms with Crippen molar-refractivity contribution in [3.8, 4) is 11.5 Å². The lowest BCUT2D eigenvalue weighted by Crippen LogP contribution is -2.39. The molecule has 1 aliphatic carbocycles. The molecule has 0 saturated carbocycles. The number of methoxy groups -OCH3 is 2. The van der Waals surface area contributed by atoms with Crippen molar-refractivity contribution in [1.29, 1.82) is 0 Å². The van der Waals surface area contributed by atoms with Crippen molar-refractivity contribution in [3.05, 3.63) is 51.7 Å². The number of esters is 1. The van der Waals surface area contributed by atoms with E-state index in [2.05, 4.69) is 11.6 Å². The molecule has 2 aliphatic rings. The Morgan fingerprint density at radius 3 is 2.48 bits per heavy atom. The molecule has 9 heteroatoms. The number of nitrogens with zero attached hydrogens (tertiary/aromatic N) is 2. The van der Waals surface area contributed by atoms with Crippen LogP contribution in [0.5, 0.6) is 11.5 Å². The van der Waals surface area contributed by atoms with Crippen molar-refractivity contribution < 1.29 is 28.7 Å². The first-order chi connectivity index (χ1) is 15.5. The average Bonchev–Trinajstić information content (AvgIpc) is 2.74. The molecule has 0 amide bonds. The Balaban J connectivity index is 2.32. The number of nitro groups is 1. The van der Waals surface area contributed by atoms with Crippen molar-refractivity contribution in [1.82, 2.24) is 0 Å². The number of Topliss-reactive ketones (excluding diaryl/α,β-unsaturated/α-hetero) is 1. The van der Waals surface area contributed by atoms with Crippen LogP contribution < -0.4 is 9.47 Å². The number of carbonyl (C=O) groups is 2. The van der Waals surface area contributed by atoms with Crippen molar-refractivity contribution >= 4 is 23.2 Å². The van der Waals surface area contributed by atoms with Gasteiger partial charge in [0.2, 0.25) is 0 Å². The number of aliphatic imine (C=N–C) groups is 1.